The number of amides is 4. The number of carbonyl (C=O) groups is 8. The molecule has 2 N–H and O–H groups in total. The van der Waals surface area contributed by atoms with E-state index in [0.717, 1.165) is 54.3 Å². The van der Waals surface area contributed by atoms with Crippen molar-refractivity contribution in [2.75, 3.05) is 78.9 Å². The zero-order valence-electron chi connectivity index (χ0n) is 43.3. The Bertz CT molecular complexity index is 2420. The van der Waals surface area contributed by atoms with Crippen molar-refractivity contribution in [3.63, 3.8) is 0 Å². The van der Waals surface area contributed by atoms with E-state index >= 15 is 0 Å². The lowest BCUT2D eigenvalue weighted by Crippen LogP contribution is -2.44. The first-order chi connectivity index (χ1) is 35.8. The first-order valence-corrected chi connectivity index (χ1v) is 24.8. The summed E-state index contributed by atoms with van der Waals surface area (Å²) in [7, 11) is 0. The van der Waals surface area contributed by atoms with Gasteiger partial charge in [-0.1, -0.05) is 97.1 Å². The van der Waals surface area contributed by atoms with Crippen molar-refractivity contribution in [1.29, 1.82) is 0 Å². The molecule has 0 atom stereocenters. The fourth-order valence-electron chi connectivity index (χ4n) is 8.62. The minimum Gasteiger partial charge on any atom is -0.459 e. The molecule has 0 aromatic heterocycles. The summed E-state index contributed by atoms with van der Waals surface area (Å²) in [5.41, 5.74) is 6.85. The van der Waals surface area contributed by atoms with Gasteiger partial charge in [-0.3, -0.25) is 19.2 Å². The molecule has 19 nitrogen and oxygen atoms in total. The molecule has 0 bridgehead atoms. The number of hydrogen-bond donors (Lipinski definition) is 2. The van der Waals surface area contributed by atoms with Gasteiger partial charge in [0.05, 0.1) is 39.3 Å². The second kappa shape index (κ2) is 26.5. The lowest BCUT2D eigenvalue weighted by molar-refractivity contribution is -0.166. The van der Waals surface area contributed by atoms with E-state index in [4.69, 9.17) is 33.2 Å². The lowest BCUT2D eigenvalue weighted by Gasteiger charge is -2.25. The molecule has 0 unspecified atom stereocenters. The Morgan fingerprint density at radius 3 is 1.07 bits per heavy atom. The van der Waals surface area contributed by atoms with Crippen LogP contribution in [-0.4, -0.2) is 148 Å². The van der Waals surface area contributed by atoms with E-state index in [-0.39, 0.29) is 77.4 Å². The number of alkyl carbamates (subject to hydrolysis) is 2. The second-order valence-corrected chi connectivity index (χ2v) is 19.7. The average Bonchev–Trinajstić information content (AvgIpc) is 3.85. The molecule has 0 aliphatic heterocycles. The predicted octanol–water partition coefficient (Wildman–Crippen LogP) is 6.29. The Morgan fingerprint density at radius 2 is 0.747 bits per heavy atom. The van der Waals surface area contributed by atoms with Crippen molar-refractivity contribution in [2.24, 2.45) is 0 Å². The maximum atomic E-state index is 13.4. The van der Waals surface area contributed by atoms with Crippen LogP contribution in [0.25, 0.3) is 22.3 Å². The highest BCUT2D eigenvalue weighted by atomic mass is 16.6. The summed E-state index contributed by atoms with van der Waals surface area (Å²) in [5, 5.41) is 5.25. The van der Waals surface area contributed by atoms with Gasteiger partial charge in [0, 0.05) is 24.9 Å². The molecular formula is C56H66N4O15. The van der Waals surface area contributed by atoms with Gasteiger partial charge < -0.3 is 53.6 Å². The topological polar surface area (TPSA) is 232 Å². The highest BCUT2D eigenvalue weighted by molar-refractivity contribution is 5.93. The molecule has 75 heavy (non-hydrogen) atoms. The summed E-state index contributed by atoms with van der Waals surface area (Å²) >= 11 is 0. The van der Waals surface area contributed by atoms with Gasteiger partial charge in [-0.05, 0) is 86.1 Å². The number of nitrogens with one attached hydrogen (secondary N) is 2. The zero-order valence-corrected chi connectivity index (χ0v) is 43.3. The summed E-state index contributed by atoms with van der Waals surface area (Å²) in [6, 6.07) is 31.9. The van der Waals surface area contributed by atoms with Crippen LogP contribution in [0.1, 0.15) is 88.5 Å². The van der Waals surface area contributed by atoms with Crippen molar-refractivity contribution >= 4 is 47.9 Å². The number of carbonyl (C=O) groups excluding carboxylic acids is 8. The highest BCUT2D eigenvalue weighted by Gasteiger charge is 2.32. The van der Waals surface area contributed by atoms with Gasteiger partial charge in [-0.2, -0.15) is 0 Å². The maximum absolute atomic E-state index is 13.4. The van der Waals surface area contributed by atoms with Crippen molar-refractivity contribution in [2.45, 2.75) is 77.4 Å². The zero-order chi connectivity index (χ0) is 54.1. The number of benzene rings is 4. The standard InChI is InChI=1S/C56H66N4O15/c1-55(2,3)74-51(65)33-59(47(61)23-27-69-29-25-57-53(67)71-35-45-41-19-11-7-15-37(41)38-16-8-12-20-42(38)45)31-49(63)73-50(64)32-60(34-52(66)75-56(4,5)6)48(62)24-28-70-30-26-58-54(68)72-36-46-43-21-13-9-17-39(43)40-18-10-14-22-44(40)46/h7-22,45-46H,23-36H2,1-6H3,(H,57,67)(H,58,68). The minimum atomic E-state index is -1.23. The van der Waals surface area contributed by atoms with Gasteiger partial charge >= 0.3 is 36.1 Å². The summed E-state index contributed by atoms with van der Waals surface area (Å²) in [4.78, 5) is 105. The largest absolute Gasteiger partial charge is 0.459 e. The summed E-state index contributed by atoms with van der Waals surface area (Å²) in [5.74, 6) is -5.81. The molecule has 400 valence electrons. The molecule has 19 heteroatoms. The number of hydrogen-bond acceptors (Lipinski definition) is 15. The van der Waals surface area contributed by atoms with E-state index in [0.29, 0.717) is 0 Å². The van der Waals surface area contributed by atoms with Crippen molar-refractivity contribution < 1.29 is 71.5 Å². The molecule has 0 saturated heterocycles. The van der Waals surface area contributed by atoms with Crippen molar-refractivity contribution in [1.82, 2.24) is 20.4 Å². The molecule has 0 fully saturated rings. The Kier molecular flexibility index (Phi) is 20.0. The molecule has 4 aromatic carbocycles. The van der Waals surface area contributed by atoms with E-state index in [2.05, 4.69) is 10.6 Å². The highest BCUT2D eigenvalue weighted by Crippen LogP contribution is 2.45. The fraction of sp³-hybridized carbons (Fsp3) is 0.429. The van der Waals surface area contributed by atoms with Gasteiger partial charge in [-0.15, -0.1) is 0 Å². The van der Waals surface area contributed by atoms with Gasteiger partial charge in [0.2, 0.25) is 11.8 Å². The third kappa shape index (κ3) is 17.2. The molecule has 2 aliphatic carbocycles. The Labute approximate surface area is 436 Å². The minimum absolute atomic E-state index is 0.00554. The number of ether oxygens (including phenoxy) is 7. The van der Waals surface area contributed by atoms with E-state index in [1.54, 1.807) is 41.5 Å². The fourth-order valence-corrected chi connectivity index (χ4v) is 8.62. The predicted molar refractivity (Wildman–Crippen MR) is 273 cm³/mol. The van der Waals surface area contributed by atoms with Crippen LogP contribution in [0.3, 0.4) is 0 Å². The van der Waals surface area contributed by atoms with Crippen molar-refractivity contribution in [3.8, 4) is 22.3 Å². The molecule has 6 rings (SSSR count). The smallest absolute Gasteiger partial charge is 0.407 e. The third-order valence-electron chi connectivity index (χ3n) is 11.7. The summed E-state index contributed by atoms with van der Waals surface area (Å²) < 4.78 is 37.9. The van der Waals surface area contributed by atoms with E-state index in [1.165, 1.54) is 0 Å². The quantitative estimate of drug-likeness (QED) is 0.0340. The number of esters is 4. The maximum Gasteiger partial charge on any atom is 0.407 e. The van der Waals surface area contributed by atoms with Crippen LogP contribution in [-0.2, 0) is 61.9 Å². The lowest BCUT2D eigenvalue weighted by atomic mass is 9.98. The van der Waals surface area contributed by atoms with Crippen LogP contribution in [0, 0.1) is 0 Å². The normalized spacial score (nSPS) is 12.5. The van der Waals surface area contributed by atoms with E-state index < -0.39 is 85.3 Å². The first-order valence-electron chi connectivity index (χ1n) is 24.8. The molecule has 0 saturated carbocycles. The molecule has 0 spiro atoms. The van der Waals surface area contributed by atoms with Crippen LogP contribution in [0.4, 0.5) is 9.59 Å². The second-order valence-electron chi connectivity index (χ2n) is 19.7. The average molecular weight is 1040 g/mol. The molecule has 4 aromatic rings. The van der Waals surface area contributed by atoms with Crippen LogP contribution in [0.5, 0.6) is 0 Å². The van der Waals surface area contributed by atoms with Crippen LogP contribution >= 0.6 is 0 Å². The Hall–Kier alpha value is -7.64. The molecule has 4 amide bonds. The molecule has 0 radical (unpaired) electrons. The number of rotatable bonds is 24. The van der Waals surface area contributed by atoms with E-state index in [1.807, 2.05) is 97.1 Å². The first kappa shape index (κ1) is 56.7. The monoisotopic (exact) mass is 1030 g/mol. The third-order valence-corrected chi connectivity index (χ3v) is 11.7. The van der Waals surface area contributed by atoms with Gasteiger partial charge in [0.1, 0.15) is 50.6 Å². The van der Waals surface area contributed by atoms with Crippen LogP contribution in [0.2, 0.25) is 0 Å². The number of nitrogens with zero attached hydrogens (tertiary/aromatic N) is 2. The number of fused-ring (bicyclic) bond motifs is 6. The molecule has 0 heterocycles. The van der Waals surface area contributed by atoms with Crippen molar-refractivity contribution in [3.05, 3.63) is 119 Å². The van der Waals surface area contributed by atoms with Crippen LogP contribution < -0.4 is 10.6 Å². The molecule has 2 aliphatic rings. The molecular weight excluding hydrogens is 969 g/mol. The summed E-state index contributed by atoms with van der Waals surface area (Å²) in [6.07, 6.45) is -1.90. The summed E-state index contributed by atoms with van der Waals surface area (Å²) in [6.45, 7) is 6.74. The Balaban J connectivity index is 0.920. The SMILES string of the molecule is CC(C)(C)OC(=O)CN(CC(=O)OC(=O)CN(CC(=O)OC(C)(C)C)C(=O)CCOCCNC(=O)OCC1c2ccccc2-c2ccccc21)C(=O)CCOCCNC(=O)OCC1c2ccccc2-c2ccccc21. The van der Waals surface area contributed by atoms with Gasteiger partial charge in [0.15, 0.2) is 0 Å². The van der Waals surface area contributed by atoms with Gasteiger partial charge in [-0.25, -0.2) is 19.2 Å². The van der Waals surface area contributed by atoms with E-state index in [9.17, 15) is 38.4 Å². The van der Waals surface area contributed by atoms with Gasteiger partial charge in [0.25, 0.3) is 0 Å². The van der Waals surface area contributed by atoms with Crippen LogP contribution in [0.15, 0.2) is 97.1 Å². The Morgan fingerprint density at radius 1 is 0.440 bits per heavy atom.